The molecule has 0 bridgehead atoms. The Morgan fingerprint density at radius 1 is 1.25 bits per heavy atom. The minimum absolute atomic E-state index is 0.0330. The number of aromatic hydroxyl groups is 1. The van der Waals surface area contributed by atoms with E-state index in [0.717, 1.165) is 16.7 Å². The van der Waals surface area contributed by atoms with Gasteiger partial charge in [-0.1, -0.05) is 0 Å². The Morgan fingerprint density at radius 3 is 2.00 bits per heavy atom. The second-order valence-electron chi connectivity index (χ2n) is 3.28. The average molecular weight is 165 g/mol. The van der Waals surface area contributed by atoms with Gasteiger partial charge in [-0.05, 0) is 49.6 Å². The summed E-state index contributed by atoms with van der Waals surface area (Å²) in [5.41, 5.74) is 9.03. The molecule has 2 nitrogen and oxygen atoms in total. The Labute approximate surface area is 73.0 Å². The lowest BCUT2D eigenvalue weighted by atomic mass is 9.97. The molecular weight excluding hydrogens is 150 g/mol. The number of hydrogen-bond donors (Lipinski definition) is 2. The SMILES string of the molecule is Cc1cc(O)cc(C)c1[C@H](C)N. The van der Waals surface area contributed by atoms with Crippen LogP contribution in [0.4, 0.5) is 0 Å². The van der Waals surface area contributed by atoms with E-state index in [-0.39, 0.29) is 6.04 Å². The van der Waals surface area contributed by atoms with Gasteiger partial charge in [0, 0.05) is 6.04 Å². The molecule has 0 radical (unpaired) electrons. The lowest BCUT2D eigenvalue weighted by molar-refractivity contribution is 0.474. The van der Waals surface area contributed by atoms with Crippen molar-refractivity contribution in [1.29, 1.82) is 0 Å². The molecule has 0 fully saturated rings. The van der Waals surface area contributed by atoms with E-state index in [1.807, 2.05) is 20.8 Å². The quantitative estimate of drug-likeness (QED) is 0.668. The molecule has 0 unspecified atom stereocenters. The molecule has 0 amide bonds. The molecular formula is C10H15NO. The van der Waals surface area contributed by atoms with Crippen molar-refractivity contribution < 1.29 is 5.11 Å². The van der Waals surface area contributed by atoms with Crippen LogP contribution in [0.1, 0.15) is 29.7 Å². The van der Waals surface area contributed by atoms with Crippen LogP contribution in [0.2, 0.25) is 0 Å². The molecule has 0 aromatic heterocycles. The highest BCUT2D eigenvalue weighted by atomic mass is 16.3. The van der Waals surface area contributed by atoms with Crippen LogP contribution in [0.3, 0.4) is 0 Å². The summed E-state index contributed by atoms with van der Waals surface area (Å²) in [5.74, 6) is 0.314. The number of nitrogens with two attached hydrogens (primary N) is 1. The van der Waals surface area contributed by atoms with Gasteiger partial charge in [-0.2, -0.15) is 0 Å². The number of aryl methyl sites for hydroxylation is 2. The topological polar surface area (TPSA) is 46.2 Å². The molecule has 1 atom stereocenters. The normalized spacial score (nSPS) is 13.0. The third kappa shape index (κ3) is 1.59. The molecule has 0 aliphatic rings. The maximum atomic E-state index is 9.26. The van der Waals surface area contributed by atoms with E-state index in [1.54, 1.807) is 12.1 Å². The minimum Gasteiger partial charge on any atom is -0.508 e. The summed E-state index contributed by atoms with van der Waals surface area (Å²) >= 11 is 0. The van der Waals surface area contributed by atoms with E-state index in [9.17, 15) is 5.11 Å². The van der Waals surface area contributed by atoms with Gasteiger partial charge < -0.3 is 10.8 Å². The molecule has 0 heterocycles. The van der Waals surface area contributed by atoms with Crippen molar-refractivity contribution in [3.63, 3.8) is 0 Å². The van der Waals surface area contributed by atoms with E-state index in [1.165, 1.54) is 0 Å². The molecule has 0 aliphatic heterocycles. The van der Waals surface area contributed by atoms with E-state index >= 15 is 0 Å². The maximum Gasteiger partial charge on any atom is 0.116 e. The third-order valence-corrected chi connectivity index (χ3v) is 2.03. The summed E-state index contributed by atoms with van der Waals surface area (Å²) in [4.78, 5) is 0. The number of phenols is 1. The molecule has 0 saturated heterocycles. The summed E-state index contributed by atoms with van der Waals surface area (Å²) in [6, 6.07) is 3.52. The van der Waals surface area contributed by atoms with Crippen LogP contribution in [-0.4, -0.2) is 5.11 Å². The minimum atomic E-state index is 0.0330. The van der Waals surface area contributed by atoms with Crippen molar-refractivity contribution in [2.45, 2.75) is 26.8 Å². The van der Waals surface area contributed by atoms with Gasteiger partial charge in [0.15, 0.2) is 0 Å². The lowest BCUT2D eigenvalue weighted by Crippen LogP contribution is -2.08. The fourth-order valence-electron chi connectivity index (χ4n) is 1.67. The molecule has 0 aliphatic carbocycles. The predicted octanol–water partition coefficient (Wildman–Crippen LogP) is 2.03. The van der Waals surface area contributed by atoms with Crippen LogP contribution < -0.4 is 5.73 Å². The van der Waals surface area contributed by atoms with Crippen molar-refractivity contribution in [3.05, 3.63) is 28.8 Å². The molecule has 2 heteroatoms. The lowest BCUT2D eigenvalue weighted by Gasteiger charge is -2.13. The Kier molecular flexibility index (Phi) is 2.38. The van der Waals surface area contributed by atoms with E-state index in [0.29, 0.717) is 5.75 Å². The van der Waals surface area contributed by atoms with E-state index in [4.69, 9.17) is 5.73 Å². The zero-order valence-corrected chi connectivity index (χ0v) is 7.76. The van der Waals surface area contributed by atoms with Gasteiger partial charge in [0.1, 0.15) is 5.75 Å². The zero-order chi connectivity index (χ0) is 9.30. The Morgan fingerprint density at radius 2 is 1.67 bits per heavy atom. The third-order valence-electron chi connectivity index (χ3n) is 2.03. The molecule has 1 aromatic rings. The summed E-state index contributed by atoms with van der Waals surface area (Å²) in [5, 5.41) is 9.26. The number of hydrogen-bond acceptors (Lipinski definition) is 2. The first-order valence-electron chi connectivity index (χ1n) is 4.08. The fraction of sp³-hybridized carbons (Fsp3) is 0.400. The largest absolute Gasteiger partial charge is 0.508 e. The average Bonchev–Trinajstić information content (AvgIpc) is 1.82. The molecule has 1 rings (SSSR count). The van der Waals surface area contributed by atoms with Crippen LogP contribution >= 0.6 is 0 Å². The molecule has 66 valence electrons. The zero-order valence-electron chi connectivity index (χ0n) is 7.76. The highest BCUT2D eigenvalue weighted by Gasteiger charge is 2.07. The van der Waals surface area contributed by atoms with Gasteiger partial charge in [-0.25, -0.2) is 0 Å². The molecule has 1 aromatic carbocycles. The summed E-state index contributed by atoms with van der Waals surface area (Å²) < 4.78 is 0. The predicted molar refractivity (Wildman–Crippen MR) is 50.2 cm³/mol. The van der Waals surface area contributed by atoms with Crippen molar-refractivity contribution in [1.82, 2.24) is 0 Å². The highest BCUT2D eigenvalue weighted by Crippen LogP contribution is 2.24. The van der Waals surface area contributed by atoms with Crippen LogP contribution in [-0.2, 0) is 0 Å². The van der Waals surface area contributed by atoms with Crippen molar-refractivity contribution >= 4 is 0 Å². The second kappa shape index (κ2) is 3.15. The van der Waals surface area contributed by atoms with Crippen molar-refractivity contribution in [2.75, 3.05) is 0 Å². The Bertz CT molecular complexity index is 269. The van der Waals surface area contributed by atoms with E-state index in [2.05, 4.69) is 0 Å². The standard InChI is InChI=1S/C10H15NO/c1-6-4-9(12)5-7(2)10(6)8(3)11/h4-5,8,12H,11H2,1-3H3/t8-/m0/s1. The summed E-state index contributed by atoms with van der Waals surface area (Å²) in [7, 11) is 0. The van der Waals surface area contributed by atoms with Gasteiger partial charge in [-0.3, -0.25) is 0 Å². The molecule has 0 spiro atoms. The van der Waals surface area contributed by atoms with Gasteiger partial charge in [0.05, 0.1) is 0 Å². The number of benzene rings is 1. The van der Waals surface area contributed by atoms with Crippen LogP contribution in [0.25, 0.3) is 0 Å². The van der Waals surface area contributed by atoms with Gasteiger partial charge in [0.25, 0.3) is 0 Å². The second-order valence-corrected chi connectivity index (χ2v) is 3.28. The summed E-state index contributed by atoms with van der Waals surface area (Å²) in [6.45, 7) is 5.88. The van der Waals surface area contributed by atoms with Crippen LogP contribution in [0.5, 0.6) is 5.75 Å². The van der Waals surface area contributed by atoms with Crippen LogP contribution in [0.15, 0.2) is 12.1 Å². The van der Waals surface area contributed by atoms with Crippen LogP contribution in [0, 0.1) is 13.8 Å². The highest BCUT2D eigenvalue weighted by molar-refractivity contribution is 5.41. The van der Waals surface area contributed by atoms with Gasteiger partial charge in [0.2, 0.25) is 0 Å². The van der Waals surface area contributed by atoms with E-state index < -0.39 is 0 Å². The van der Waals surface area contributed by atoms with Crippen molar-refractivity contribution in [2.24, 2.45) is 5.73 Å². The maximum absolute atomic E-state index is 9.26. The molecule has 3 N–H and O–H groups in total. The first kappa shape index (κ1) is 9.07. The smallest absolute Gasteiger partial charge is 0.116 e. The number of phenolic OH excluding ortho intramolecular Hbond substituents is 1. The fourth-order valence-corrected chi connectivity index (χ4v) is 1.67. The van der Waals surface area contributed by atoms with Gasteiger partial charge >= 0.3 is 0 Å². The molecule has 0 saturated carbocycles. The summed E-state index contributed by atoms with van der Waals surface area (Å²) in [6.07, 6.45) is 0. The van der Waals surface area contributed by atoms with Gasteiger partial charge in [-0.15, -0.1) is 0 Å². The van der Waals surface area contributed by atoms with Crippen molar-refractivity contribution in [3.8, 4) is 5.75 Å². The first-order valence-corrected chi connectivity index (χ1v) is 4.08. The molecule has 12 heavy (non-hydrogen) atoms. The Balaban J connectivity index is 3.28. The first-order chi connectivity index (χ1) is 5.52. The number of rotatable bonds is 1. The monoisotopic (exact) mass is 165 g/mol. The Hall–Kier alpha value is -1.02.